The van der Waals surface area contributed by atoms with Gasteiger partial charge < -0.3 is 15.0 Å². The third kappa shape index (κ3) is 5.05. The minimum atomic E-state index is -0.156. The van der Waals surface area contributed by atoms with Gasteiger partial charge in [-0.15, -0.1) is 11.3 Å². The summed E-state index contributed by atoms with van der Waals surface area (Å²) < 4.78 is 7.24. The summed E-state index contributed by atoms with van der Waals surface area (Å²) >= 11 is 2.85. The van der Waals surface area contributed by atoms with Crippen LogP contribution in [0.5, 0.6) is 5.75 Å². The Morgan fingerprint density at radius 2 is 1.90 bits per heavy atom. The van der Waals surface area contributed by atoms with E-state index in [-0.39, 0.29) is 17.2 Å². The zero-order valence-corrected chi connectivity index (χ0v) is 23.4. The predicted octanol–water partition coefficient (Wildman–Crippen LogP) is 5.72. The molecule has 3 aromatic carbocycles. The third-order valence-corrected chi connectivity index (χ3v) is 8.89. The Kier molecular flexibility index (Phi) is 7.12. The molecular formula is C30H28N4O3S2. The monoisotopic (exact) mass is 556 g/mol. The van der Waals surface area contributed by atoms with Gasteiger partial charge in [0.25, 0.3) is 5.56 Å². The van der Waals surface area contributed by atoms with Crippen LogP contribution in [-0.2, 0) is 17.8 Å². The van der Waals surface area contributed by atoms with Gasteiger partial charge in [-0.3, -0.25) is 14.2 Å². The lowest BCUT2D eigenvalue weighted by Gasteiger charge is -2.21. The van der Waals surface area contributed by atoms with Gasteiger partial charge in [-0.25, -0.2) is 4.98 Å². The molecule has 6 rings (SSSR count). The topological polar surface area (TPSA) is 76.5 Å². The average Bonchev–Trinajstić information content (AvgIpc) is 3.30. The Balaban J connectivity index is 1.36. The Morgan fingerprint density at radius 1 is 1.10 bits per heavy atom. The molecule has 2 aromatic heterocycles. The highest BCUT2D eigenvalue weighted by Gasteiger charge is 2.25. The lowest BCUT2D eigenvalue weighted by molar-refractivity contribution is -0.113. The molecule has 0 saturated heterocycles. The Hall–Kier alpha value is -3.66. The van der Waals surface area contributed by atoms with Crippen LogP contribution in [0.15, 0.2) is 76.7 Å². The number of thiophene rings is 1. The number of amides is 1. The molecule has 1 amide bonds. The van der Waals surface area contributed by atoms with Crippen LogP contribution >= 0.6 is 23.1 Å². The van der Waals surface area contributed by atoms with E-state index in [2.05, 4.69) is 17.3 Å². The van der Waals surface area contributed by atoms with E-state index in [9.17, 15) is 9.59 Å². The molecule has 0 aliphatic carbocycles. The number of hydrogen-bond acceptors (Lipinski definition) is 7. The van der Waals surface area contributed by atoms with Crippen molar-refractivity contribution in [2.75, 3.05) is 31.3 Å². The fraction of sp³-hybridized carbons (Fsp3) is 0.233. The van der Waals surface area contributed by atoms with Gasteiger partial charge in [0, 0.05) is 29.0 Å². The molecule has 9 heteroatoms. The van der Waals surface area contributed by atoms with Crippen LogP contribution in [-0.4, -0.2) is 46.3 Å². The number of hydrogen-bond donors (Lipinski definition) is 1. The molecule has 0 radical (unpaired) electrons. The molecule has 0 bridgehead atoms. The second-order valence-electron chi connectivity index (χ2n) is 9.50. The minimum Gasteiger partial charge on any atom is -0.494 e. The van der Waals surface area contributed by atoms with E-state index in [0.29, 0.717) is 22.8 Å². The van der Waals surface area contributed by atoms with E-state index >= 15 is 0 Å². The lowest BCUT2D eigenvalue weighted by Crippen LogP contribution is -2.27. The summed E-state index contributed by atoms with van der Waals surface area (Å²) in [5, 5.41) is 6.28. The summed E-state index contributed by atoms with van der Waals surface area (Å²) in [7, 11) is 2.09. The maximum absolute atomic E-state index is 14.0. The van der Waals surface area contributed by atoms with Gasteiger partial charge in [-0.05, 0) is 61.7 Å². The van der Waals surface area contributed by atoms with Gasteiger partial charge in [0.2, 0.25) is 5.91 Å². The molecule has 0 saturated carbocycles. The number of nitrogens with one attached hydrogen (secondary N) is 1. The van der Waals surface area contributed by atoms with Crippen LogP contribution in [0.2, 0.25) is 0 Å². The van der Waals surface area contributed by atoms with Crippen molar-refractivity contribution in [3.8, 4) is 11.4 Å². The predicted molar refractivity (Wildman–Crippen MR) is 160 cm³/mol. The lowest BCUT2D eigenvalue weighted by atomic mass is 10.1. The van der Waals surface area contributed by atoms with E-state index in [1.807, 2.05) is 73.7 Å². The number of likely N-dealkylation sites (N-methyl/N-ethyl adjacent to an activating group) is 1. The fourth-order valence-electron chi connectivity index (χ4n) is 4.99. The highest BCUT2D eigenvalue weighted by atomic mass is 32.2. The number of anilines is 1. The number of aromatic nitrogens is 2. The number of fused-ring (bicyclic) bond motifs is 4. The standard InChI is InChI=1S/C30H28N4O3S2/c1-3-37-21-13-11-20(12-14-21)34-29(36)27-23-15-16-33(2)17-25(23)39-28(27)32-30(34)38-18-26(35)31-24-10-6-8-19-7-4-5-9-22(19)24/h4-14H,3,15-18H2,1-2H3,(H,31,35). The molecular weight excluding hydrogens is 528 g/mol. The largest absolute Gasteiger partial charge is 0.494 e. The highest BCUT2D eigenvalue weighted by Crippen LogP contribution is 2.34. The Bertz CT molecular complexity index is 1740. The molecule has 3 heterocycles. The summed E-state index contributed by atoms with van der Waals surface area (Å²) in [5.74, 6) is 0.699. The molecule has 5 aromatic rings. The second-order valence-corrected chi connectivity index (χ2v) is 11.5. The van der Waals surface area contributed by atoms with Crippen molar-refractivity contribution in [3.63, 3.8) is 0 Å². The molecule has 39 heavy (non-hydrogen) atoms. The molecule has 0 fully saturated rings. The van der Waals surface area contributed by atoms with Gasteiger partial charge in [0.05, 0.1) is 23.4 Å². The van der Waals surface area contributed by atoms with Gasteiger partial charge in [-0.2, -0.15) is 0 Å². The SMILES string of the molecule is CCOc1ccc(-n2c(SCC(=O)Nc3cccc4ccccc34)nc3sc4c(c3c2=O)CCN(C)C4)cc1. The number of nitrogens with zero attached hydrogens (tertiary/aromatic N) is 3. The van der Waals surface area contributed by atoms with Crippen molar-refractivity contribution in [3.05, 3.63) is 87.5 Å². The third-order valence-electron chi connectivity index (χ3n) is 6.84. The Labute approximate surface area is 234 Å². The van der Waals surface area contributed by atoms with Gasteiger partial charge >= 0.3 is 0 Å². The minimum absolute atomic E-state index is 0.0943. The van der Waals surface area contributed by atoms with E-state index in [0.717, 1.165) is 52.1 Å². The smallest absolute Gasteiger partial charge is 0.267 e. The second kappa shape index (κ2) is 10.8. The highest BCUT2D eigenvalue weighted by molar-refractivity contribution is 7.99. The van der Waals surface area contributed by atoms with Crippen LogP contribution in [0.3, 0.4) is 0 Å². The first-order chi connectivity index (χ1) is 19.0. The number of ether oxygens (including phenoxy) is 1. The first-order valence-corrected chi connectivity index (χ1v) is 14.7. The number of carbonyl (C=O) groups excluding carboxylic acids is 1. The number of thioether (sulfide) groups is 1. The molecule has 198 valence electrons. The van der Waals surface area contributed by atoms with Gasteiger partial charge in [0.1, 0.15) is 10.6 Å². The maximum atomic E-state index is 14.0. The summed E-state index contributed by atoms with van der Waals surface area (Å²) in [6, 6.07) is 21.3. The summed E-state index contributed by atoms with van der Waals surface area (Å²) in [4.78, 5) is 36.2. The molecule has 1 aliphatic heterocycles. The number of rotatable bonds is 7. The van der Waals surface area contributed by atoms with Crippen molar-refractivity contribution >= 4 is 55.7 Å². The molecule has 7 nitrogen and oxygen atoms in total. The van der Waals surface area contributed by atoms with Crippen molar-refractivity contribution in [1.82, 2.24) is 14.5 Å². The molecule has 0 unspecified atom stereocenters. The Morgan fingerprint density at radius 3 is 2.72 bits per heavy atom. The van der Waals surface area contributed by atoms with E-state index in [1.165, 1.54) is 16.6 Å². The van der Waals surface area contributed by atoms with E-state index in [1.54, 1.807) is 15.9 Å². The van der Waals surface area contributed by atoms with E-state index in [4.69, 9.17) is 9.72 Å². The molecule has 1 N–H and O–H groups in total. The van der Waals surface area contributed by atoms with Crippen LogP contribution in [0.4, 0.5) is 5.69 Å². The zero-order chi connectivity index (χ0) is 26.9. The normalized spacial score (nSPS) is 13.5. The van der Waals surface area contributed by atoms with Crippen LogP contribution in [0.1, 0.15) is 17.4 Å². The van der Waals surface area contributed by atoms with Crippen molar-refractivity contribution < 1.29 is 9.53 Å². The first-order valence-electron chi connectivity index (χ1n) is 12.9. The van der Waals surface area contributed by atoms with E-state index < -0.39 is 0 Å². The molecule has 0 spiro atoms. The number of benzene rings is 3. The van der Waals surface area contributed by atoms with Crippen LogP contribution in [0.25, 0.3) is 26.7 Å². The number of carbonyl (C=O) groups is 1. The molecule has 1 aliphatic rings. The quantitative estimate of drug-likeness (QED) is 0.204. The zero-order valence-electron chi connectivity index (χ0n) is 21.8. The average molecular weight is 557 g/mol. The van der Waals surface area contributed by atoms with Crippen molar-refractivity contribution in [1.29, 1.82) is 0 Å². The fourth-order valence-corrected chi connectivity index (χ4v) is 7.14. The van der Waals surface area contributed by atoms with Gasteiger partial charge in [-0.1, -0.05) is 48.2 Å². The van der Waals surface area contributed by atoms with Crippen LogP contribution in [0, 0.1) is 0 Å². The summed E-state index contributed by atoms with van der Waals surface area (Å²) in [6.45, 7) is 4.22. The van der Waals surface area contributed by atoms with Crippen molar-refractivity contribution in [2.45, 2.75) is 25.0 Å². The van der Waals surface area contributed by atoms with Gasteiger partial charge in [0.15, 0.2) is 5.16 Å². The van der Waals surface area contributed by atoms with Crippen LogP contribution < -0.4 is 15.6 Å². The molecule has 0 atom stereocenters. The summed E-state index contributed by atoms with van der Waals surface area (Å²) in [5.41, 5.74) is 2.47. The maximum Gasteiger partial charge on any atom is 0.267 e. The first kappa shape index (κ1) is 25.6. The summed E-state index contributed by atoms with van der Waals surface area (Å²) in [6.07, 6.45) is 0.825. The van der Waals surface area contributed by atoms with Crippen molar-refractivity contribution in [2.24, 2.45) is 0 Å².